The number of carbonyl (C=O) groups excluding carboxylic acids is 1. The van der Waals surface area contributed by atoms with Gasteiger partial charge in [-0.1, -0.05) is 29.8 Å². The monoisotopic (exact) mass is 314 g/mol. The van der Waals surface area contributed by atoms with E-state index >= 15 is 0 Å². The fourth-order valence-corrected chi connectivity index (χ4v) is 2.48. The van der Waals surface area contributed by atoms with E-state index < -0.39 is 0 Å². The highest BCUT2D eigenvalue weighted by Crippen LogP contribution is 2.22. The van der Waals surface area contributed by atoms with Crippen molar-refractivity contribution in [2.75, 3.05) is 7.11 Å². The third-order valence-corrected chi connectivity index (χ3v) is 3.74. The second-order valence-corrected chi connectivity index (χ2v) is 5.36. The average molecular weight is 315 g/mol. The zero-order chi connectivity index (χ0) is 15.5. The molecule has 0 aliphatic rings. The molecule has 3 aromatic rings. The molecule has 4 nitrogen and oxygen atoms in total. The van der Waals surface area contributed by atoms with Gasteiger partial charge in [0.2, 0.25) is 0 Å². The van der Waals surface area contributed by atoms with Crippen molar-refractivity contribution in [2.24, 2.45) is 0 Å². The molecule has 5 heteroatoms. The van der Waals surface area contributed by atoms with Crippen LogP contribution in [0.5, 0.6) is 5.75 Å². The van der Waals surface area contributed by atoms with Crippen LogP contribution in [0.15, 0.2) is 48.7 Å². The van der Waals surface area contributed by atoms with Crippen LogP contribution in [0.2, 0.25) is 5.02 Å². The predicted molar refractivity (Wildman–Crippen MR) is 87.5 cm³/mol. The number of nitrogens with one attached hydrogen (secondary N) is 2. The average Bonchev–Trinajstić information content (AvgIpc) is 2.96. The molecule has 22 heavy (non-hydrogen) atoms. The van der Waals surface area contributed by atoms with Crippen LogP contribution < -0.4 is 10.1 Å². The lowest BCUT2D eigenvalue weighted by atomic mass is 10.1. The van der Waals surface area contributed by atoms with E-state index in [-0.39, 0.29) is 5.91 Å². The summed E-state index contributed by atoms with van der Waals surface area (Å²) in [5, 5.41) is 4.41. The number of ether oxygens (including phenoxy) is 1. The highest BCUT2D eigenvalue weighted by atomic mass is 35.5. The van der Waals surface area contributed by atoms with Crippen LogP contribution in [-0.2, 0) is 6.54 Å². The van der Waals surface area contributed by atoms with E-state index in [2.05, 4.69) is 10.3 Å². The first-order chi connectivity index (χ1) is 10.7. The van der Waals surface area contributed by atoms with E-state index in [4.69, 9.17) is 16.3 Å². The molecule has 1 heterocycles. The quantitative estimate of drug-likeness (QED) is 0.770. The normalized spacial score (nSPS) is 10.6. The van der Waals surface area contributed by atoms with E-state index in [0.29, 0.717) is 17.1 Å². The van der Waals surface area contributed by atoms with Gasteiger partial charge in [0.05, 0.1) is 12.7 Å². The smallest absolute Gasteiger partial charge is 0.253 e. The van der Waals surface area contributed by atoms with Crippen LogP contribution in [0, 0.1) is 0 Å². The highest BCUT2D eigenvalue weighted by Gasteiger charge is 2.11. The topological polar surface area (TPSA) is 54.1 Å². The number of rotatable bonds is 4. The number of H-pyrrole nitrogens is 1. The van der Waals surface area contributed by atoms with Crippen molar-refractivity contribution in [2.45, 2.75) is 6.54 Å². The van der Waals surface area contributed by atoms with Gasteiger partial charge in [-0.15, -0.1) is 0 Å². The highest BCUT2D eigenvalue weighted by molar-refractivity contribution is 6.31. The summed E-state index contributed by atoms with van der Waals surface area (Å²) >= 11 is 5.94. The number of benzene rings is 2. The van der Waals surface area contributed by atoms with Gasteiger partial charge >= 0.3 is 0 Å². The third kappa shape index (κ3) is 2.92. The molecule has 0 radical (unpaired) electrons. The summed E-state index contributed by atoms with van der Waals surface area (Å²) in [7, 11) is 1.63. The van der Waals surface area contributed by atoms with Gasteiger partial charge in [0, 0.05) is 28.7 Å². The number of halogens is 1. The van der Waals surface area contributed by atoms with E-state index in [1.165, 1.54) is 0 Å². The Morgan fingerprint density at radius 3 is 2.73 bits per heavy atom. The van der Waals surface area contributed by atoms with Crippen molar-refractivity contribution in [3.8, 4) is 5.75 Å². The summed E-state index contributed by atoms with van der Waals surface area (Å²) in [6.07, 6.45) is 1.70. The molecular weight excluding hydrogens is 300 g/mol. The number of fused-ring (bicyclic) bond motifs is 1. The van der Waals surface area contributed by atoms with Crippen LogP contribution in [0.25, 0.3) is 10.9 Å². The van der Waals surface area contributed by atoms with Gasteiger partial charge in [-0.25, -0.2) is 0 Å². The number of aromatic nitrogens is 1. The maximum atomic E-state index is 12.3. The number of carbonyl (C=O) groups is 1. The van der Waals surface area contributed by atoms with E-state index in [1.807, 2.05) is 30.3 Å². The van der Waals surface area contributed by atoms with E-state index in [1.54, 1.807) is 25.4 Å². The molecule has 0 atom stereocenters. The Balaban J connectivity index is 1.72. The van der Waals surface area contributed by atoms with Crippen LogP contribution in [0.4, 0.5) is 0 Å². The van der Waals surface area contributed by atoms with Gasteiger partial charge < -0.3 is 15.0 Å². The molecule has 3 rings (SSSR count). The van der Waals surface area contributed by atoms with Gasteiger partial charge in [-0.3, -0.25) is 4.79 Å². The Labute approximate surface area is 133 Å². The molecule has 2 aromatic carbocycles. The Bertz CT molecular complexity index is 809. The zero-order valence-corrected chi connectivity index (χ0v) is 12.8. The van der Waals surface area contributed by atoms with Crippen molar-refractivity contribution >= 4 is 28.4 Å². The summed E-state index contributed by atoms with van der Waals surface area (Å²) in [5.41, 5.74) is 2.47. The fourth-order valence-electron chi connectivity index (χ4n) is 2.31. The predicted octanol–water partition coefficient (Wildman–Crippen LogP) is 3.76. The van der Waals surface area contributed by atoms with Gasteiger partial charge in [0.1, 0.15) is 5.75 Å². The van der Waals surface area contributed by atoms with Crippen LogP contribution in [-0.4, -0.2) is 18.0 Å². The number of hydrogen-bond acceptors (Lipinski definition) is 2. The van der Waals surface area contributed by atoms with Crippen molar-refractivity contribution in [3.63, 3.8) is 0 Å². The molecule has 112 valence electrons. The molecule has 1 aromatic heterocycles. The van der Waals surface area contributed by atoms with Gasteiger partial charge in [-0.05, 0) is 29.8 Å². The number of hydrogen-bond donors (Lipinski definition) is 2. The summed E-state index contributed by atoms with van der Waals surface area (Å²) in [6, 6.07) is 13.0. The zero-order valence-electron chi connectivity index (χ0n) is 12.0. The minimum atomic E-state index is -0.121. The lowest BCUT2D eigenvalue weighted by Crippen LogP contribution is -2.22. The van der Waals surface area contributed by atoms with Crippen molar-refractivity contribution in [1.29, 1.82) is 0 Å². The molecule has 0 unspecified atom stereocenters. The summed E-state index contributed by atoms with van der Waals surface area (Å²) in [4.78, 5) is 15.4. The van der Waals surface area contributed by atoms with Crippen molar-refractivity contribution in [3.05, 3.63) is 64.8 Å². The first-order valence-electron chi connectivity index (χ1n) is 6.85. The molecule has 0 saturated carbocycles. The third-order valence-electron chi connectivity index (χ3n) is 3.50. The van der Waals surface area contributed by atoms with Gasteiger partial charge in [-0.2, -0.15) is 0 Å². The largest absolute Gasteiger partial charge is 0.497 e. The van der Waals surface area contributed by atoms with Gasteiger partial charge in [0.15, 0.2) is 0 Å². The Morgan fingerprint density at radius 2 is 2.00 bits per heavy atom. The summed E-state index contributed by atoms with van der Waals surface area (Å²) < 4.78 is 5.11. The molecule has 0 aliphatic heterocycles. The summed E-state index contributed by atoms with van der Waals surface area (Å²) in [6.45, 7) is 0.461. The standard InChI is InChI=1S/C17H15ClN2O2/c1-22-13-5-2-11(3-6-13)9-20-17(21)15-10-19-16-8-12(18)4-7-14(15)16/h2-8,10,19H,9H2,1H3,(H,20,21). The molecule has 0 saturated heterocycles. The Hall–Kier alpha value is -2.46. The maximum absolute atomic E-state index is 12.3. The first-order valence-corrected chi connectivity index (χ1v) is 7.23. The fraction of sp³-hybridized carbons (Fsp3) is 0.118. The van der Waals surface area contributed by atoms with E-state index in [0.717, 1.165) is 22.2 Å². The molecule has 0 spiro atoms. The molecule has 2 N–H and O–H groups in total. The van der Waals surface area contributed by atoms with Crippen molar-refractivity contribution in [1.82, 2.24) is 10.3 Å². The Kier molecular flexibility index (Phi) is 4.02. The van der Waals surface area contributed by atoms with E-state index in [9.17, 15) is 4.79 Å². The second-order valence-electron chi connectivity index (χ2n) is 4.92. The molecule has 0 aliphatic carbocycles. The second kappa shape index (κ2) is 6.12. The SMILES string of the molecule is COc1ccc(CNC(=O)c2c[nH]c3cc(Cl)ccc23)cc1. The molecule has 0 fully saturated rings. The summed E-state index contributed by atoms with van der Waals surface area (Å²) in [5.74, 6) is 0.674. The minimum Gasteiger partial charge on any atom is -0.497 e. The lowest BCUT2D eigenvalue weighted by molar-refractivity contribution is 0.0952. The minimum absolute atomic E-state index is 0.121. The maximum Gasteiger partial charge on any atom is 0.253 e. The van der Waals surface area contributed by atoms with Gasteiger partial charge in [0.25, 0.3) is 5.91 Å². The Morgan fingerprint density at radius 1 is 1.23 bits per heavy atom. The van der Waals surface area contributed by atoms with Crippen molar-refractivity contribution < 1.29 is 9.53 Å². The van der Waals surface area contributed by atoms with Crippen LogP contribution in [0.3, 0.4) is 0 Å². The first kappa shape index (κ1) is 14.5. The molecular formula is C17H15ClN2O2. The number of amides is 1. The van der Waals surface area contributed by atoms with Crippen LogP contribution >= 0.6 is 11.6 Å². The number of aromatic amines is 1. The molecule has 1 amide bonds. The lowest BCUT2D eigenvalue weighted by Gasteiger charge is -2.06. The van der Waals surface area contributed by atoms with Crippen LogP contribution in [0.1, 0.15) is 15.9 Å². The molecule has 0 bridgehead atoms. The number of methoxy groups -OCH3 is 1.